The molecule has 1 rings (SSSR count). The Hall–Kier alpha value is -1.50. The van der Waals surface area contributed by atoms with Crippen LogP contribution in [0.25, 0.3) is 0 Å². The van der Waals surface area contributed by atoms with Gasteiger partial charge in [-0.3, -0.25) is 4.79 Å². The van der Waals surface area contributed by atoms with Crippen molar-refractivity contribution in [3.63, 3.8) is 0 Å². The van der Waals surface area contributed by atoms with Crippen LogP contribution in [0.5, 0.6) is 0 Å². The molecule has 0 aromatic rings. The lowest BCUT2D eigenvalue weighted by atomic mass is 10.3. The molecule has 0 aromatic heterocycles. The zero-order valence-electron chi connectivity index (χ0n) is 6.16. The third-order valence-corrected chi connectivity index (χ3v) is 1.62. The zero-order chi connectivity index (χ0) is 8.43. The fourth-order valence-electron chi connectivity index (χ4n) is 0.937. The molecule has 4 heteroatoms. The number of carbonyl (C=O) groups is 1. The van der Waals surface area contributed by atoms with Crippen molar-refractivity contribution in [2.75, 3.05) is 13.1 Å². The number of hydrogen-bond acceptors (Lipinski definition) is 3. The van der Waals surface area contributed by atoms with Gasteiger partial charge < -0.3 is 10.0 Å². The van der Waals surface area contributed by atoms with Gasteiger partial charge >= 0.3 is 0 Å². The molecule has 0 unspecified atom stereocenters. The maximum atomic E-state index is 10.7. The van der Waals surface area contributed by atoms with Crippen molar-refractivity contribution >= 4 is 5.91 Å². The lowest BCUT2D eigenvalue weighted by molar-refractivity contribution is -0.127. The normalized spacial score (nSPS) is 16.9. The van der Waals surface area contributed by atoms with E-state index < -0.39 is 0 Å². The van der Waals surface area contributed by atoms with Crippen LogP contribution in [0.3, 0.4) is 0 Å². The van der Waals surface area contributed by atoms with Crippen LogP contribution in [0.2, 0.25) is 0 Å². The Bertz CT molecular complexity index is 262. The van der Waals surface area contributed by atoms with Gasteiger partial charge in [0.1, 0.15) is 11.8 Å². The van der Waals surface area contributed by atoms with Gasteiger partial charge in [0.2, 0.25) is 5.91 Å². The minimum atomic E-state index is -0.123. The second-order valence-electron chi connectivity index (χ2n) is 2.41. The molecule has 11 heavy (non-hydrogen) atoms. The lowest BCUT2D eigenvalue weighted by Gasteiger charge is -2.10. The summed E-state index contributed by atoms with van der Waals surface area (Å²) in [5, 5.41) is 17.5. The van der Waals surface area contributed by atoms with Gasteiger partial charge in [-0.05, 0) is 0 Å². The molecule has 1 aliphatic heterocycles. The number of aliphatic hydroxyl groups is 1. The number of amides is 1. The Morgan fingerprint density at radius 1 is 1.73 bits per heavy atom. The summed E-state index contributed by atoms with van der Waals surface area (Å²) in [7, 11) is 0. The summed E-state index contributed by atoms with van der Waals surface area (Å²) in [5.74, 6) is -0.107. The average Bonchev–Trinajstić information content (AvgIpc) is 2.31. The predicted molar refractivity (Wildman–Crippen MR) is 37.5 cm³/mol. The van der Waals surface area contributed by atoms with Crippen molar-refractivity contribution < 1.29 is 9.90 Å². The van der Waals surface area contributed by atoms with Gasteiger partial charge in [0.15, 0.2) is 0 Å². The molecular formula is C7H8N2O2. The van der Waals surface area contributed by atoms with E-state index in [4.69, 9.17) is 10.4 Å². The molecule has 0 atom stereocenters. The van der Waals surface area contributed by atoms with E-state index in [1.165, 1.54) is 11.8 Å². The molecule has 0 saturated carbocycles. The van der Waals surface area contributed by atoms with Crippen molar-refractivity contribution in [2.45, 2.75) is 6.92 Å². The summed E-state index contributed by atoms with van der Waals surface area (Å²) in [6.45, 7) is 1.84. The van der Waals surface area contributed by atoms with E-state index in [-0.39, 0.29) is 24.8 Å². The molecule has 1 amide bonds. The van der Waals surface area contributed by atoms with Crippen LogP contribution in [0.4, 0.5) is 0 Å². The molecule has 0 spiro atoms. The highest BCUT2D eigenvalue weighted by molar-refractivity contribution is 5.74. The molecule has 0 saturated heterocycles. The quantitative estimate of drug-likeness (QED) is 0.538. The molecule has 0 fully saturated rings. The first-order chi connectivity index (χ1) is 5.15. The van der Waals surface area contributed by atoms with E-state index in [1.807, 2.05) is 6.07 Å². The van der Waals surface area contributed by atoms with E-state index in [2.05, 4.69) is 0 Å². The molecular weight excluding hydrogens is 144 g/mol. The van der Waals surface area contributed by atoms with Crippen molar-refractivity contribution in [1.29, 1.82) is 5.26 Å². The number of carbonyl (C=O) groups excluding carboxylic acids is 1. The predicted octanol–water partition coefficient (Wildman–Crippen LogP) is 0.184. The summed E-state index contributed by atoms with van der Waals surface area (Å²) in [6.07, 6.45) is 0. The maximum absolute atomic E-state index is 10.7. The van der Waals surface area contributed by atoms with E-state index in [0.29, 0.717) is 5.57 Å². The number of rotatable bonds is 0. The smallest absolute Gasteiger partial charge is 0.220 e. The number of nitrogens with zero attached hydrogens (tertiary/aromatic N) is 2. The van der Waals surface area contributed by atoms with Crippen LogP contribution < -0.4 is 0 Å². The Kier molecular flexibility index (Phi) is 1.81. The highest BCUT2D eigenvalue weighted by Crippen LogP contribution is 2.13. The van der Waals surface area contributed by atoms with Gasteiger partial charge in [-0.2, -0.15) is 5.26 Å². The fraction of sp³-hybridized carbons (Fsp3) is 0.429. The number of nitriles is 1. The van der Waals surface area contributed by atoms with Gasteiger partial charge in [-0.25, -0.2) is 0 Å². The third kappa shape index (κ3) is 1.32. The summed E-state index contributed by atoms with van der Waals surface area (Å²) in [4.78, 5) is 12.1. The standard InChI is InChI=1S/C7H8N2O2/c1-5(10)9-3-6(2-8)7(11)4-9/h11H,3-4H2,1H3. The SMILES string of the molecule is CC(=O)N1CC(O)=C(C#N)C1. The Morgan fingerprint density at radius 2 is 2.36 bits per heavy atom. The first kappa shape index (κ1) is 7.61. The van der Waals surface area contributed by atoms with Crippen molar-refractivity contribution in [3.8, 4) is 6.07 Å². The van der Waals surface area contributed by atoms with Gasteiger partial charge in [-0.1, -0.05) is 0 Å². The maximum Gasteiger partial charge on any atom is 0.220 e. The van der Waals surface area contributed by atoms with Gasteiger partial charge in [0, 0.05) is 6.92 Å². The molecule has 0 aromatic carbocycles. The van der Waals surface area contributed by atoms with Crippen LogP contribution in [0.15, 0.2) is 11.3 Å². The molecule has 1 aliphatic rings. The van der Waals surface area contributed by atoms with Gasteiger partial charge in [0.05, 0.1) is 18.7 Å². The van der Waals surface area contributed by atoms with Gasteiger partial charge in [0.25, 0.3) is 0 Å². The summed E-state index contributed by atoms with van der Waals surface area (Å²) < 4.78 is 0. The second-order valence-corrected chi connectivity index (χ2v) is 2.41. The van der Waals surface area contributed by atoms with E-state index in [0.717, 1.165) is 0 Å². The van der Waals surface area contributed by atoms with E-state index in [9.17, 15) is 4.79 Å². The van der Waals surface area contributed by atoms with E-state index >= 15 is 0 Å². The molecule has 0 radical (unpaired) electrons. The summed E-state index contributed by atoms with van der Waals surface area (Å²) >= 11 is 0. The topological polar surface area (TPSA) is 64.3 Å². The Morgan fingerprint density at radius 3 is 2.64 bits per heavy atom. The molecule has 4 nitrogen and oxygen atoms in total. The first-order valence-corrected chi connectivity index (χ1v) is 3.21. The monoisotopic (exact) mass is 152 g/mol. The summed E-state index contributed by atoms with van der Waals surface area (Å²) in [6, 6.07) is 1.83. The van der Waals surface area contributed by atoms with Crippen LogP contribution in [0, 0.1) is 11.3 Å². The van der Waals surface area contributed by atoms with Crippen molar-refractivity contribution in [3.05, 3.63) is 11.3 Å². The lowest BCUT2D eigenvalue weighted by Crippen LogP contribution is -2.26. The van der Waals surface area contributed by atoms with Crippen LogP contribution in [0.1, 0.15) is 6.92 Å². The van der Waals surface area contributed by atoms with Crippen LogP contribution in [-0.2, 0) is 4.79 Å². The molecule has 1 heterocycles. The molecule has 0 bridgehead atoms. The molecule has 1 N–H and O–H groups in total. The first-order valence-electron chi connectivity index (χ1n) is 3.21. The number of hydrogen-bond donors (Lipinski definition) is 1. The minimum Gasteiger partial charge on any atom is -0.509 e. The zero-order valence-corrected chi connectivity index (χ0v) is 6.16. The fourth-order valence-corrected chi connectivity index (χ4v) is 0.937. The number of aliphatic hydroxyl groups excluding tert-OH is 1. The van der Waals surface area contributed by atoms with Crippen LogP contribution in [-0.4, -0.2) is 29.0 Å². The van der Waals surface area contributed by atoms with Crippen molar-refractivity contribution in [2.24, 2.45) is 0 Å². The molecule has 0 aliphatic carbocycles. The highest BCUT2D eigenvalue weighted by atomic mass is 16.3. The van der Waals surface area contributed by atoms with Crippen LogP contribution >= 0.6 is 0 Å². The minimum absolute atomic E-state index is 0.0164. The largest absolute Gasteiger partial charge is 0.509 e. The Balaban J connectivity index is 2.70. The molecule has 58 valence electrons. The average molecular weight is 152 g/mol. The highest BCUT2D eigenvalue weighted by Gasteiger charge is 2.22. The second kappa shape index (κ2) is 2.62. The Labute approximate surface area is 64.3 Å². The third-order valence-electron chi connectivity index (χ3n) is 1.62. The van der Waals surface area contributed by atoms with Gasteiger partial charge in [-0.15, -0.1) is 0 Å². The summed E-state index contributed by atoms with van der Waals surface area (Å²) in [5.41, 5.74) is 0.292. The van der Waals surface area contributed by atoms with Crippen molar-refractivity contribution in [1.82, 2.24) is 4.90 Å². The van der Waals surface area contributed by atoms with E-state index in [1.54, 1.807) is 0 Å².